The van der Waals surface area contributed by atoms with Crippen LogP contribution < -0.4 is 10.6 Å². The molecule has 0 aromatic heterocycles. The molecule has 0 aliphatic carbocycles. The molecule has 1 fully saturated rings. The van der Waals surface area contributed by atoms with Crippen molar-refractivity contribution in [1.29, 1.82) is 0 Å². The van der Waals surface area contributed by atoms with Gasteiger partial charge in [-0.15, -0.1) is 5.06 Å². The Bertz CT molecular complexity index is 1400. The third-order valence-corrected chi connectivity index (χ3v) is 8.34. The third kappa shape index (κ3) is 9.98. The highest BCUT2D eigenvalue weighted by Gasteiger charge is 2.42. The molecule has 12 nitrogen and oxygen atoms in total. The molecule has 1 aromatic rings. The molecule has 3 atom stereocenters. The lowest BCUT2D eigenvalue weighted by molar-refractivity contribution is -0.194. The van der Waals surface area contributed by atoms with Gasteiger partial charge in [0.15, 0.2) is 0 Å². The molecule has 12 heteroatoms. The standard InChI is InChI=1S/C36H54N4O8/c1-21(2)25(20-22(3)32(45)48-40-26(41)18-19-27(40)42)39(13)31(44)29(34(4,5)6)38-30(43)28(37-12)36(10,11)24-16-14-23(15-17-24)33(46)47-35(7,8)9/h14-17,20-21,25,28-29,37H,18-19H2,1-13H3,(H,38,43)/b22-20+/t25-,28-,29?/m1/s1. The van der Waals surface area contributed by atoms with E-state index in [4.69, 9.17) is 9.57 Å². The second-order valence-corrected chi connectivity index (χ2v) is 15.3. The average Bonchev–Trinajstić information content (AvgIpc) is 3.28. The van der Waals surface area contributed by atoms with E-state index in [-0.39, 0.29) is 30.2 Å². The predicted molar refractivity (Wildman–Crippen MR) is 181 cm³/mol. The maximum atomic E-state index is 14.1. The van der Waals surface area contributed by atoms with E-state index >= 15 is 0 Å². The number of hydrogen-bond donors (Lipinski definition) is 2. The first-order valence-electron chi connectivity index (χ1n) is 16.3. The molecule has 1 aliphatic rings. The summed E-state index contributed by atoms with van der Waals surface area (Å²) in [6, 6.07) is 4.63. The molecule has 2 rings (SSSR count). The Kier molecular flexibility index (Phi) is 12.9. The summed E-state index contributed by atoms with van der Waals surface area (Å²) in [5.41, 5.74) is -0.787. The van der Waals surface area contributed by atoms with E-state index in [0.29, 0.717) is 10.6 Å². The number of hydroxylamine groups is 2. The van der Waals surface area contributed by atoms with Crippen molar-refractivity contribution in [3.05, 3.63) is 47.0 Å². The second-order valence-electron chi connectivity index (χ2n) is 15.3. The monoisotopic (exact) mass is 670 g/mol. The molecule has 2 N–H and O–H groups in total. The van der Waals surface area contributed by atoms with Crippen LogP contribution in [-0.2, 0) is 39.0 Å². The van der Waals surface area contributed by atoms with E-state index in [9.17, 15) is 28.8 Å². The first kappa shape index (κ1) is 40.1. The van der Waals surface area contributed by atoms with Crippen LogP contribution in [0.25, 0.3) is 0 Å². The van der Waals surface area contributed by atoms with Crippen molar-refractivity contribution in [3.8, 4) is 0 Å². The fourth-order valence-electron chi connectivity index (χ4n) is 5.47. The first-order valence-corrected chi connectivity index (χ1v) is 16.3. The van der Waals surface area contributed by atoms with Gasteiger partial charge >= 0.3 is 11.9 Å². The second kappa shape index (κ2) is 15.4. The summed E-state index contributed by atoms with van der Waals surface area (Å²) in [6.45, 7) is 20.0. The molecule has 1 aliphatic heterocycles. The fourth-order valence-corrected chi connectivity index (χ4v) is 5.47. The van der Waals surface area contributed by atoms with Crippen LogP contribution in [0.5, 0.6) is 0 Å². The van der Waals surface area contributed by atoms with Gasteiger partial charge in [-0.2, -0.15) is 0 Å². The number of likely N-dealkylation sites (N-methyl/N-ethyl adjacent to an activating group) is 2. The van der Waals surface area contributed by atoms with Gasteiger partial charge in [0, 0.05) is 30.9 Å². The lowest BCUT2D eigenvalue weighted by Gasteiger charge is -2.40. The van der Waals surface area contributed by atoms with Crippen LogP contribution in [0.2, 0.25) is 0 Å². The molecular formula is C36H54N4O8. The molecular weight excluding hydrogens is 616 g/mol. The number of rotatable bonds is 12. The molecule has 0 spiro atoms. The summed E-state index contributed by atoms with van der Waals surface area (Å²) in [4.78, 5) is 83.8. The van der Waals surface area contributed by atoms with E-state index in [1.165, 1.54) is 11.8 Å². The van der Waals surface area contributed by atoms with Crippen molar-refractivity contribution in [2.24, 2.45) is 11.3 Å². The summed E-state index contributed by atoms with van der Waals surface area (Å²) in [5.74, 6) is -3.39. The quantitative estimate of drug-likeness (QED) is 0.191. The number of carbonyl (C=O) groups excluding carboxylic acids is 6. The van der Waals surface area contributed by atoms with E-state index in [2.05, 4.69) is 10.6 Å². The van der Waals surface area contributed by atoms with Crippen LogP contribution in [0.3, 0.4) is 0 Å². The highest BCUT2D eigenvalue weighted by molar-refractivity contribution is 6.02. The lowest BCUT2D eigenvalue weighted by atomic mass is 9.76. The van der Waals surface area contributed by atoms with Crippen molar-refractivity contribution in [3.63, 3.8) is 0 Å². The van der Waals surface area contributed by atoms with Crippen LogP contribution in [0.1, 0.15) is 105 Å². The predicted octanol–water partition coefficient (Wildman–Crippen LogP) is 4.07. The number of esters is 1. The Morgan fingerprint density at radius 1 is 0.896 bits per heavy atom. The van der Waals surface area contributed by atoms with Gasteiger partial charge in [-0.05, 0) is 63.8 Å². The zero-order chi connectivity index (χ0) is 36.9. The molecule has 1 unspecified atom stereocenters. The van der Waals surface area contributed by atoms with Gasteiger partial charge < -0.3 is 25.1 Å². The lowest BCUT2D eigenvalue weighted by Crippen LogP contribution is -2.61. The molecule has 1 aromatic carbocycles. The Morgan fingerprint density at radius 2 is 1.42 bits per heavy atom. The van der Waals surface area contributed by atoms with E-state index in [1.54, 1.807) is 65.2 Å². The molecule has 0 saturated carbocycles. The largest absolute Gasteiger partial charge is 0.456 e. The average molecular weight is 671 g/mol. The number of nitrogens with one attached hydrogen (secondary N) is 2. The van der Waals surface area contributed by atoms with Crippen molar-refractivity contribution < 1.29 is 38.3 Å². The maximum absolute atomic E-state index is 14.1. The van der Waals surface area contributed by atoms with Gasteiger partial charge in [-0.3, -0.25) is 19.2 Å². The van der Waals surface area contributed by atoms with Gasteiger partial charge in [0.1, 0.15) is 11.6 Å². The fraction of sp³-hybridized carbons (Fsp3) is 0.611. The van der Waals surface area contributed by atoms with Crippen molar-refractivity contribution in [1.82, 2.24) is 20.6 Å². The zero-order valence-corrected chi connectivity index (χ0v) is 30.8. The van der Waals surface area contributed by atoms with Crippen LogP contribution in [-0.4, -0.2) is 83.4 Å². The highest BCUT2D eigenvalue weighted by Crippen LogP contribution is 2.30. The van der Waals surface area contributed by atoms with Crippen LogP contribution in [0.15, 0.2) is 35.9 Å². The van der Waals surface area contributed by atoms with Crippen LogP contribution >= 0.6 is 0 Å². The number of ether oxygens (including phenoxy) is 1. The maximum Gasteiger partial charge on any atom is 0.359 e. The minimum absolute atomic E-state index is 0.0212. The molecule has 4 amide bonds. The Labute approximate surface area is 284 Å². The first-order chi connectivity index (χ1) is 21.9. The van der Waals surface area contributed by atoms with E-state index in [0.717, 1.165) is 5.56 Å². The summed E-state index contributed by atoms with van der Waals surface area (Å²) >= 11 is 0. The Hall–Kier alpha value is -4.06. The minimum atomic E-state index is -0.946. The topological polar surface area (TPSA) is 151 Å². The Balaban J connectivity index is 2.31. The van der Waals surface area contributed by atoms with Crippen LogP contribution in [0.4, 0.5) is 0 Å². The highest BCUT2D eigenvalue weighted by atomic mass is 16.7. The molecule has 266 valence electrons. The number of carbonyl (C=O) groups is 6. The van der Waals surface area contributed by atoms with Gasteiger partial charge in [-0.25, -0.2) is 9.59 Å². The van der Waals surface area contributed by atoms with E-state index in [1.807, 2.05) is 48.5 Å². The summed E-state index contributed by atoms with van der Waals surface area (Å²) < 4.78 is 5.47. The van der Waals surface area contributed by atoms with Gasteiger partial charge in [0.25, 0.3) is 11.8 Å². The molecule has 1 saturated heterocycles. The van der Waals surface area contributed by atoms with Crippen molar-refractivity contribution in [2.45, 2.75) is 118 Å². The van der Waals surface area contributed by atoms with Crippen molar-refractivity contribution >= 4 is 35.6 Å². The molecule has 48 heavy (non-hydrogen) atoms. The summed E-state index contributed by atoms with van der Waals surface area (Å²) in [5, 5.41) is 6.58. The van der Waals surface area contributed by atoms with Crippen molar-refractivity contribution in [2.75, 3.05) is 14.1 Å². The number of imide groups is 1. The molecule has 1 heterocycles. The molecule has 0 radical (unpaired) electrons. The summed E-state index contributed by atoms with van der Waals surface area (Å²) in [7, 11) is 3.28. The summed E-state index contributed by atoms with van der Waals surface area (Å²) in [6.07, 6.45) is 1.52. The van der Waals surface area contributed by atoms with E-state index < -0.39 is 64.2 Å². The van der Waals surface area contributed by atoms with Crippen LogP contribution in [0, 0.1) is 11.3 Å². The Morgan fingerprint density at radius 3 is 1.85 bits per heavy atom. The minimum Gasteiger partial charge on any atom is -0.456 e. The third-order valence-electron chi connectivity index (χ3n) is 8.34. The SMILES string of the molecule is CN[C@H](C(=O)NC(C(=O)N(C)[C@H](/C=C(\C)C(=O)ON1C(=O)CCC1=O)C(C)C)C(C)(C)C)C(C)(C)c1ccc(C(=O)OC(C)(C)C)cc1. The van der Waals surface area contributed by atoms with Gasteiger partial charge in [0.2, 0.25) is 11.8 Å². The molecule has 0 bridgehead atoms. The van der Waals surface area contributed by atoms with Gasteiger partial charge in [0.05, 0.1) is 17.6 Å². The number of amides is 4. The number of benzene rings is 1. The smallest absolute Gasteiger partial charge is 0.359 e. The normalized spacial score (nSPS) is 16.4. The number of nitrogens with zero attached hydrogens (tertiary/aromatic N) is 2. The van der Waals surface area contributed by atoms with Gasteiger partial charge in [-0.1, -0.05) is 66.7 Å². The number of hydrogen-bond acceptors (Lipinski definition) is 9. The zero-order valence-electron chi connectivity index (χ0n) is 30.8.